The van der Waals surface area contributed by atoms with Crippen molar-refractivity contribution in [2.75, 3.05) is 6.61 Å². The second-order valence-corrected chi connectivity index (χ2v) is 8.76. The molecule has 0 aromatic heterocycles. The van der Waals surface area contributed by atoms with Crippen molar-refractivity contribution >= 4 is 5.78 Å². The van der Waals surface area contributed by atoms with Crippen LogP contribution in [-0.2, 0) is 4.79 Å². The van der Waals surface area contributed by atoms with Gasteiger partial charge in [-0.3, -0.25) is 4.79 Å². The van der Waals surface area contributed by atoms with Gasteiger partial charge in [0.2, 0.25) is 0 Å². The molecule has 3 rings (SSSR count). The van der Waals surface area contributed by atoms with Crippen LogP contribution in [0.3, 0.4) is 0 Å². The molecule has 0 amide bonds. The van der Waals surface area contributed by atoms with Crippen LogP contribution in [0.25, 0.3) is 0 Å². The highest BCUT2D eigenvalue weighted by Crippen LogP contribution is 2.62. The Kier molecular flexibility index (Phi) is 3.67. The Balaban J connectivity index is 2.06. The van der Waals surface area contributed by atoms with Gasteiger partial charge in [-0.1, -0.05) is 38.8 Å². The maximum atomic E-state index is 12.9. The minimum atomic E-state index is -0.0968. The molecule has 1 saturated carbocycles. The number of Topliss-reactive ketones (excluding diaryl/α,β-unsaturated/α-hetero) is 1. The molecule has 3 aliphatic carbocycles. The van der Waals surface area contributed by atoms with Crippen molar-refractivity contribution in [1.29, 1.82) is 0 Å². The van der Waals surface area contributed by atoms with Gasteiger partial charge in [-0.05, 0) is 59.8 Å². The minimum Gasteiger partial charge on any atom is -0.396 e. The molecule has 0 saturated heterocycles. The first kappa shape index (κ1) is 16.0. The molecule has 1 N–H and O–H groups in total. The van der Waals surface area contributed by atoms with Crippen molar-refractivity contribution in [2.24, 2.45) is 22.2 Å². The second-order valence-electron chi connectivity index (χ2n) is 8.76. The molecule has 0 radical (unpaired) electrons. The third-order valence-electron chi connectivity index (χ3n) is 7.21. The molecule has 22 heavy (non-hydrogen) atoms. The molecular formula is C20H30O2. The van der Waals surface area contributed by atoms with E-state index in [0.717, 1.165) is 37.7 Å². The number of hydrogen-bond acceptors (Lipinski definition) is 2. The fourth-order valence-electron chi connectivity index (χ4n) is 5.54. The van der Waals surface area contributed by atoms with Crippen molar-refractivity contribution < 1.29 is 9.90 Å². The summed E-state index contributed by atoms with van der Waals surface area (Å²) in [5.74, 6) is 0.643. The summed E-state index contributed by atoms with van der Waals surface area (Å²) in [6.07, 6.45) is 9.03. The molecule has 0 aromatic carbocycles. The summed E-state index contributed by atoms with van der Waals surface area (Å²) in [4.78, 5) is 12.9. The maximum Gasteiger partial charge on any atom is 0.159 e. The number of carbonyl (C=O) groups is 1. The molecule has 0 bridgehead atoms. The lowest BCUT2D eigenvalue weighted by Crippen LogP contribution is -2.51. The topological polar surface area (TPSA) is 37.3 Å². The fourth-order valence-corrected chi connectivity index (χ4v) is 5.54. The van der Waals surface area contributed by atoms with Crippen LogP contribution in [0.1, 0.15) is 65.7 Å². The zero-order chi connectivity index (χ0) is 16.2. The molecule has 0 unspecified atom stereocenters. The number of hydrogen-bond donors (Lipinski definition) is 1. The molecule has 122 valence electrons. The third-order valence-corrected chi connectivity index (χ3v) is 7.21. The highest BCUT2D eigenvalue weighted by atomic mass is 16.3. The first-order valence-corrected chi connectivity index (χ1v) is 8.78. The molecule has 2 heteroatoms. The molecule has 4 atom stereocenters. The van der Waals surface area contributed by atoms with E-state index in [1.165, 1.54) is 12.0 Å². The smallest absolute Gasteiger partial charge is 0.159 e. The number of carbonyl (C=O) groups excluding carboxylic acids is 1. The van der Waals surface area contributed by atoms with Crippen molar-refractivity contribution in [2.45, 2.75) is 65.7 Å². The largest absolute Gasteiger partial charge is 0.396 e. The van der Waals surface area contributed by atoms with Crippen LogP contribution in [-0.4, -0.2) is 17.5 Å². The summed E-state index contributed by atoms with van der Waals surface area (Å²) in [7, 11) is 0. The Labute approximate surface area is 134 Å². The highest BCUT2D eigenvalue weighted by Gasteiger charge is 2.55. The number of aliphatic hydroxyl groups excluding tert-OH is 1. The van der Waals surface area contributed by atoms with Gasteiger partial charge in [0, 0.05) is 13.0 Å². The standard InChI is InChI=1S/C20H30O2/c1-5-18(2)10-7-15-14(12-18)16(22)11-17-19(3,13-21)8-6-9-20(15,17)4/h5,17,21H,1,6-13H2,2-4H3/t17-,18+,19-,20+/m1/s1. The average Bonchev–Trinajstić information content (AvgIpc) is 2.50. The lowest BCUT2D eigenvalue weighted by Gasteiger charge is -2.57. The summed E-state index contributed by atoms with van der Waals surface area (Å²) in [5, 5.41) is 9.97. The van der Waals surface area contributed by atoms with E-state index in [-0.39, 0.29) is 22.9 Å². The van der Waals surface area contributed by atoms with Crippen LogP contribution in [0.15, 0.2) is 23.8 Å². The Morgan fingerprint density at radius 3 is 2.64 bits per heavy atom. The van der Waals surface area contributed by atoms with Crippen LogP contribution >= 0.6 is 0 Å². The van der Waals surface area contributed by atoms with E-state index in [2.05, 4.69) is 27.4 Å². The lowest BCUT2D eigenvalue weighted by atomic mass is 9.47. The van der Waals surface area contributed by atoms with Gasteiger partial charge in [-0.25, -0.2) is 0 Å². The quantitative estimate of drug-likeness (QED) is 0.766. The Bertz CT molecular complexity index is 546. The van der Waals surface area contributed by atoms with E-state index in [0.29, 0.717) is 18.1 Å². The SMILES string of the molecule is C=C[C@@]1(C)CCC2=C(C1)C(=O)C[C@@H]1[C@@](C)(CO)CCC[C@@]21C. The summed E-state index contributed by atoms with van der Waals surface area (Å²) in [6.45, 7) is 11.0. The van der Waals surface area contributed by atoms with Crippen molar-refractivity contribution in [3.63, 3.8) is 0 Å². The van der Waals surface area contributed by atoms with Crippen LogP contribution in [0.2, 0.25) is 0 Å². The van der Waals surface area contributed by atoms with E-state index in [9.17, 15) is 9.90 Å². The van der Waals surface area contributed by atoms with Crippen molar-refractivity contribution in [3.8, 4) is 0 Å². The van der Waals surface area contributed by atoms with Gasteiger partial charge in [0.15, 0.2) is 5.78 Å². The fraction of sp³-hybridized carbons (Fsp3) is 0.750. The van der Waals surface area contributed by atoms with Gasteiger partial charge in [0.25, 0.3) is 0 Å². The van der Waals surface area contributed by atoms with Gasteiger partial charge in [0.05, 0.1) is 0 Å². The van der Waals surface area contributed by atoms with Crippen LogP contribution in [0.5, 0.6) is 0 Å². The lowest BCUT2D eigenvalue weighted by molar-refractivity contribution is -0.124. The normalized spacial score (nSPS) is 45.3. The number of ketones is 1. The molecule has 0 heterocycles. The molecule has 0 spiro atoms. The predicted molar refractivity (Wildman–Crippen MR) is 89.4 cm³/mol. The zero-order valence-electron chi connectivity index (χ0n) is 14.4. The van der Waals surface area contributed by atoms with E-state index in [4.69, 9.17) is 0 Å². The van der Waals surface area contributed by atoms with Crippen LogP contribution in [0.4, 0.5) is 0 Å². The van der Waals surface area contributed by atoms with Crippen molar-refractivity contribution in [1.82, 2.24) is 0 Å². The first-order chi connectivity index (χ1) is 10.3. The summed E-state index contributed by atoms with van der Waals surface area (Å²) >= 11 is 0. The van der Waals surface area contributed by atoms with Gasteiger partial charge in [0.1, 0.15) is 0 Å². The molecule has 2 nitrogen and oxygen atoms in total. The number of rotatable bonds is 2. The van der Waals surface area contributed by atoms with E-state index in [1.54, 1.807) is 0 Å². The van der Waals surface area contributed by atoms with Gasteiger partial charge in [-0.2, -0.15) is 0 Å². The molecular weight excluding hydrogens is 272 g/mol. The number of aliphatic hydroxyl groups is 1. The Hall–Kier alpha value is -0.890. The first-order valence-electron chi connectivity index (χ1n) is 8.78. The number of allylic oxidation sites excluding steroid dienone is 3. The van der Waals surface area contributed by atoms with Gasteiger partial charge >= 0.3 is 0 Å². The summed E-state index contributed by atoms with van der Waals surface area (Å²) in [6, 6.07) is 0. The molecule has 0 aromatic rings. The summed E-state index contributed by atoms with van der Waals surface area (Å²) < 4.78 is 0. The number of fused-ring (bicyclic) bond motifs is 2. The van der Waals surface area contributed by atoms with Crippen molar-refractivity contribution in [3.05, 3.63) is 23.8 Å². The predicted octanol–water partition coefficient (Wildman–Crippen LogP) is 4.44. The molecule has 3 aliphatic rings. The summed E-state index contributed by atoms with van der Waals surface area (Å²) in [5.41, 5.74) is 2.62. The Morgan fingerprint density at radius 1 is 1.27 bits per heavy atom. The van der Waals surface area contributed by atoms with Crippen LogP contribution < -0.4 is 0 Å². The van der Waals surface area contributed by atoms with Gasteiger partial charge < -0.3 is 5.11 Å². The second kappa shape index (κ2) is 5.06. The highest BCUT2D eigenvalue weighted by molar-refractivity contribution is 5.98. The maximum absolute atomic E-state index is 12.9. The third kappa shape index (κ3) is 2.14. The van der Waals surface area contributed by atoms with E-state index >= 15 is 0 Å². The van der Waals surface area contributed by atoms with Crippen LogP contribution in [0, 0.1) is 22.2 Å². The van der Waals surface area contributed by atoms with Gasteiger partial charge in [-0.15, -0.1) is 6.58 Å². The molecule has 1 fully saturated rings. The monoisotopic (exact) mass is 302 g/mol. The molecule has 0 aliphatic heterocycles. The van der Waals surface area contributed by atoms with E-state index in [1.807, 2.05) is 6.08 Å². The minimum absolute atomic E-state index is 0.0760. The Morgan fingerprint density at radius 2 is 2.00 bits per heavy atom. The average molecular weight is 302 g/mol. The zero-order valence-corrected chi connectivity index (χ0v) is 14.4. The van der Waals surface area contributed by atoms with E-state index < -0.39 is 0 Å².